The van der Waals surface area contributed by atoms with E-state index < -0.39 is 6.29 Å². The molecule has 21 rings (SSSR count). The summed E-state index contributed by atoms with van der Waals surface area (Å²) in [5.74, 6) is 0.724. The fraction of sp³-hybridized carbons (Fsp3) is 0.0631. The van der Waals surface area contributed by atoms with Crippen molar-refractivity contribution in [2.75, 3.05) is 0 Å². The minimum Gasteiger partial charge on any atom is -0.339 e. The van der Waals surface area contributed by atoms with Gasteiger partial charge in [0.25, 0.3) is 0 Å². The second-order valence-corrected chi connectivity index (χ2v) is 33.6. The number of ether oxygens (including phenoxy) is 2. The van der Waals surface area contributed by atoms with Crippen LogP contribution in [-0.4, -0.2) is 31.1 Å². The average molecular weight is 1600 g/mol. The van der Waals surface area contributed by atoms with Gasteiger partial charge in [-0.3, -0.25) is 0 Å². The molecular formula is C111H81ClN4O2S2. The first-order valence-electron chi connectivity index (χ1n) is 40.5. The standard InChI is InChI=1S/C52H34N2S.C43H38O2.C16H9ClN2S/c1-4-14-35(15-5-1)37-26-28-38(29-27-37)40-20-12-21-41(30-40)45-32-44(36-16-6-2-7-17-36)33-46(34-45)42-22-13-23-43(31-42)52-53-49(39-18-8-3-9-19-39)51-50(54-52)47-24-10-11-25-48(47)55-51;1-42(2)43(3,4)45-41(44-42)37-20-12-19-36(26-37)40-28-38(31-15-9-6-10-16-31)27-39(29-40)35-18-11-17-34(25-35)33-23-21-32(22-24-33)30-13-7-5-8-14-30;17-16-18-13(10-6-2-1-3-7-10)15-14(19-16)11-8-4-5-9-12(11)20-15/h1-34H;5-29,41H,1-4H3;1-9H. The number of fused-ring (bicyclic) bond motifs is 6. The maximum Gasteiger partial charge on any atom is 0.223 e. The number of hydrogen-bond acceptors (Lipinski definition) is 8. The van der Waals surface area contributed by atoms with E-state index >= 15 is 0 Å². The highest BCUT2D eigenvalue weighted by molar-refractivity contribution is 7.26. The Hall–Kier alpha value is -13.7. The third-order valence-electron chi connectivity index (χ3n) is 22.8. The van der Waals surface area contributed by atoms with Gasteiger partial charge < -0.3 is 9.47 Å². The molecule has 0 atom stereocenters. The summed E-state index contributed by atoms with van der Waals surface area (Å²) in [7, 11) is 0. The predicted molar refractivity (Wildman–Crippen MR) is 505 cm³/mol. The van der Waals surface area contributed by atoms with Gasteiger partial charge in [-0.2, -0.15) is 0 Å². The first kappa shape index (κ1) is 76.3. The Bertz CT molecular complexity index is 7070. The van der Waals surface area contributed by atoms with Crippen LogP contribution < -0.4 is 0 Å². The highest BCUT2D eigenvalue weighted by Gasteiger charge is 2.49. The van der Waals surface area contributed by atoms with Crippen molar-refractivity contribution in [2.45, 2.75) is 45.2 Å². The van der Waals surface area contributed by atoms with Gasteiger partial charge in [0.15, 0.2) is 12.1 Å². The number of thiophene rings is 2. The summed E-state index contributed by atoms with van der Waals surface area (Å²) in [5, 5.41) is 2.59. The summed E-state index contributed by atoms with van der Waals surface area (Å²) >= 11 is 9.58. The van der Waals surface area contributed by atoms with E-state index in [9.17, 15) is 0 Å². The lowest BCUT2D eigenvalue weighted by atomic mass is 9.90. The molecule has 0 spiro atoms. The third kappa shape index (κ3) is 16.1. The van der Waals surface area contributed by atoms with E-state index in [1.54, 1.807) is 22.7 Å². The lowest BCUT2D eigenvalue weighted by molar-refractivity contribution is -0.0895. The molecule has 6 nitrogen and oxygen atoms in total. The predicted octanol–water partition coefficient (Wildman–Crippen LogP) is 31.3. The van der Waals surface area contributed by atoms with Crippen LogP contribution in [0.5, 0.6) is 0 Å². The Kier molecular flexibility index (Phi) is 21.2. The zero-order chi connectivity index (χ0) is 81.1. The van der Waals surface area contributed by atoms with Crippen molar-refractivity contribution in [3.8, 4) is 145 Å². The van der Waals surface area contributed by atoms with Gasteiger partial charge >= 0.3 is 0 Å². The van der Waals surface area contributed by atoms with E-state index in [0.29, 0.717) is 5.28 Å². The quantitative estimate of drug-likeness (QED) is 0.101. The van der Waals surface area contributed by atoms with Crippen molar-refractivity contribution >= 4 is 74.9 Å². The number of rotatable bonds is 14. The number of aromatic nitrogens is 4. The fourth-order valence-electron chi connectivity index (χ4n) is 15.8. The summed E-state index contributed by atoms with van der Waals surface area (Å²) in [6.07, 6.45) is -0.406. The van der Waals surface area contributed by atoms with E-state index in [2.05, 4.69) is 408 Å². The van der Waals surface area contributed by atoms with E-state index in [4.69, 9.17) is 31.0 Å². The molecule has 9 heteroatoms. The molecule has 5 heterocycles. The van der Waals surface area contributed by atoms with Crippen LogP contribution in [0, 0.1) is 0 Å². The van der Waals surface area contributed by atoms with Crippen LogP contribution in [0.2, 0.25) is 5.28 Å². The topological polar surface area (TPSA) is 70.0 Å². The van der Waals surface area contributed by atoms with Crippen molar-refractivity contribution in [3.63, 3.8) is 0 Å². The van der Waals surface area contributed by atoms with Gasteiger partial charge in [0.2, 0.25) is 5.28 Å². The average Bonchev–Trinajstić information content (AvgIpc) is 1.75. The fourth-order valence-corrected chi connectivity index (χ4v) is 18.3. The van der Waals surface area contributed by atoms with Gasteiger partial charge in [-0.1, -0.05) is 340 Å². The minimum atomic E-state index is -0.406. The highest BCUT2D eigenvalue weighted by atomic mass is 35.5. The number of nitrogens with zero attached hydrogens (tertiary/aromatic N) is 4. The molecule has 1 aliphatic rings. The molecule has 1 fully saturated rings. The van der Waals surface area contributed by atoms with E-state index in [1.807, 2.05) is 42.5 Å². The van der Waals surface area contributed by atoms with Gasteiger partial charge in [-0.25, -0.2) is 19.9 Å². The smallest absolute Gasteiger partial charge is 0.223 e. The van der Waals surface area contributed by atoms with Crippen molar-refractivity contribution in [1.82, 2.24) is 19.9 Å². The molecule has 0 saturated carbocycles. The Morgan fingerprint density at radius 2 is 0.492 bits per heavy atom. The van der Waals surface area contributed by atoms with Crippen molar-refractivity contribution in [2.24, 2.45) is 0 Å². The second-order valence-electron chi connectivity index (χ2n) is 31.2. The van der Waals surface area contributed by atoms with Gasteiger partial charge in [0, 0.05) is 42.4 Å². The van der Waals surface area contributed by atoms with Crippen molar-refractivity contribution in [1.29, 1.82) is 0 Å². The van der Waals surface area contributed by atoms with Crippen LogP contribution in [0.4, 0.5) is 0 Å². The molecule has 120 heavy (non-hydrogen) atoms. The first-order valence-corrected chi connectivity index (χ1v) is 42.5. The van der Waals surface area contributed by atoms with Crippen LogP contribution in [0.1, 0.15) is 39.5 Å². The zero-order valence-electron chi connectivity index (χ0n) is 66.6. The Balaban J connectivity index is 0.000000131. The number of halogens is 1. The lowest BCUT2D eigenvalue weighted by Crippen LogP contribution is -2.41. The van der Waals surface area contributed by atoms with Gasteiger partial charge in [0.05, 0.1) is 43.0 Å². The highest BCUT2D eigenvalue weighted by Crippen LogP contribution is 2.48. The van der Waals surface area contributed by atoms with Gasteiger partial charge in [0.1, 0.15) is 0 Å². The van der Waals surface area contributed by atoms with Crippen LogP contribution in [-0.2, 0) is 9.47 Å². The zero-order valence-corrected chi connectivity index (χ0v) is 69.0. The third-order valence-corrected chi connectivity index (χ3v) is 25.3. The molecule has 0 unspecified atom stereocenters. The Labute approximate surface area is 712 Å². The largest absolute Gasteiger partial charge is 0.339 e. The molecule has 4 aromatic heterocycles. The summed E-state index contributed by atoms with van der Waals surface area (Å²) in [6.45, 7) is 8.38. The van der Waals surface area contributed by atoms with E-state index in [-0.39, 0.29) is 11.2 Å². The molecule has 0 aliphatic carbocycles. The van der Waals surface area contributed by atoms with Crippen LogP contribution in [0.3, 0.4) is 0 Å². The normalized spacial score (nSPS) is 12.9. The molecule has 20 aromatic rings. The Morgan fingerprint density at radius 1 is 0.233 bits per heavy atom. The van der Waals surface area contributed by atoms with Crippen molar-refractivity contribution < 1.29 is 9.47 Å². The van der Waals surface area contributed by atoms with Crippen molar-refractivity contribution in [3.05, 3.63) is 423 Å². The van der Waals surface area contributed by atoms with Crippen LogP contribution in [0.25, 0.3) is 186 Å². The number of hydrogen-bond donors (Lipinski definition) is 0. The molecule has 0 N–H and O–H groups in total. The van der Waals surface area contributed by atoms with Crippen LogP contribution >= 0.6 is 34.3 Å². The molecule has 576 valence electrons. The SMILES string of the molecule is CC1(C)OC(c2cccc(-c3cc(-c4ccccc4)cc(-c4cccc(-c5ccc(-c6ccccc6)cc5)c4)c3)c2)OC1(C)C.Clc1nc(-c2ccccc2)c2sc3ccccc3c2n1.c1ccc(-c2ccc(-c3cccc(-c4cc(-c5ccccc5)cc(-c5cccc(-c6nc(-c7ccccc7)c7sc8ccccc8c7n6)c5)c4)c3)cc2)cc1. The van der Waals surface area contributed by atoms with E-state index in [1.165, 1.54) is 98.4 Å². The summed E-state index contributed by atoms with van der Waals surface area (Å²) < 4.78 is 17.4. The minimum absolute atomic E-state index is 0.292. The van der Waals surface area contributed by atoms with Gasteiger partial charge in [-0.05, 0) is 223 Å². The molecule has 0 amide bonds. The number of benzene rings is 16. The lowest BCUT2D eigenvalue weighted by Gasteiger charge is -2.30. The first-order chi connectivity index (χ1) is 58.8. The maximum atomic E-state index is 6.39. The van der Waals surface area contributed by atoms with E-state index in [0.717, 1.165) is 92.9 Å². The molecule has 1 aliphatic heterocycles. The summed E-state index contributed by atoms with van der Waals surface area (Å²) in [4.78, 5) is 19.4. The maximum absolute atomic E-state index is 6.39. The summed E-state index contributed by atoms with van der Waals surface area (Å²) in [6, 6.07) is 146. The van der Waals surface area contributed by atoms with Gasteiger partial charge in [-0.15, -0.1) is 22.7 Å². The molecular weight excluding hydrogens is 1520 g/mol. The summed E-state index contributed by atoms with van der Waals surface area (Å²) in [5.41, 5.74) is 30.8. The molecule has 0 radical (unpaired) electrons. The molecule has 1 saturated heterocycles. The second kappa shape index (κ2) is 33.4. The monoisotopic (exact) mass is 1600 g/mol. The van der Waals surface area contributed by atoms with Crippen LogP contribution in [0.15, 0.2) is 413 Å². The molecule has 16 aromatic carbocycles. The Morgan fingerprint density at radius 3 is 0.883 bits per heavy atom. The molecule has 0 bridgehead atoms.